The highest BCUT2D eigenvalue weighted by molar-refractivity contribution is 6.27. The van der Waals surface area contributed by atoms with E-state index in [4.69, 9.17) is 24.4 Å². The van der Waals surface area contributed by atoms with E-state index in [0.29, 0.717) is 40.6 Å². The zero-order valence-electron chi connectivity index (χ0n) is 31.0. The van der Waals surface area contributed by atoms with Crippen molar-refractivity contribution in [2.75, 3.05) is 0 Å². The molecule has 1 aliphatic heterocycles. The van der Waals surface area contributed by atoms with Crippen molar-refractivity contribution in [2.24, 2.45) is 0 Å². The summed E-state index contributed by atoms with van der Waals surface area (Å²) < 4.78 is 17.9. The Morgan fingerprint density at radius 2 is 0.966 bits per heavy atom. The molecule has 0 amide bonds. The van der Waals surface area contributed by atoms with Gasteiger partial charge in [-0.25, -0.2) is 4.98 Å². The number of rotatable bonds is 5. The van der Waals surface area contributed by atoms with Gasteiger partial charge in [0.05, 0.1) is 16.6 Å². The van der Waals surface area contributed by atoms with Gasteiger partial charge in [0, 0.05) is 38.4 Å². The first-order valence-corrected chi connectivity index (χ1v) is 19.3. The second-order valence-electron chi connectivity index (χ2n) is 14.4. The van der Waals surface area contributed by atoms with Crippen molar-refractivity contribution in [3.05, 3.63) is 188 Å². The minimum atomic E-state index is 0.532. The lowest BCUT2D eigenvalue weighted by molar-refractivity contribution is 0.362. The van der Waals surface area contributed by atoms with Crippen LogP contribution in [0.1, 0.15) is 0 Å². The molecular formula is C51H31N5O2. The second kappa shape index (κ2) is 12.8. The smallest absolute Gasteiger partial charge is 0.238 e. The molecule has 58 heavy (non-hydrogen) atoms. The van der Waals surface area contributed by atoms with E-state index in [1.807, 2.05) is 97.1 Å². The number of nitrogens with zero attached hydrogens (tertiary/aromatic N) is 5. The van der Waals surface area contributed by atoms with Gasteiger partial charge in [-0.2, -0.15) is 9.97 Å². The Balaban J connectivity index is 1.22. The van der Waals surface area contributed by atoms with Gasteiger partial charge in [0.2, 0.25) is 5.95 Å². The summed E-state index contributed by atoms with van der Waals surface area (Å²) in [5.74, 6) is 4.40. The molecule has 12 rings (SSSR count). The zero-order chi connectivity index (χ0) is 38.2. The zero-order valence-corrected chi connectivity index (χ0v) is 31.0. The van der Waals surface area contributed by atoms with Crippen LogP contribution in [0.3, 0.4) is 0 Å². The maximum Gasteiger partial charge on any atom is 0.238 e. The lowest BCUT2D eigenvalue weighted by Crippen LogP contribution is -2.06. The molecule has 1 aliphatic rings. The lowest BCUT2D eigenvalue weighted by Gasteiger charge is -2.22. The van der Waals surface area contributed by atoms with Crippen molar-refractivity contribution in [3.8, 4) is 68.5 Å². The minimum absolute atomic E-state index is 0.532. The molecule has 272 valence electrons. The summed E-state index contributed by atoms with van der Waals surface area (Å²) in [6.45, 7) is 0. The molecule has 8 aromatic carbocycles. The lowest BCUT2D eigenvalue weighted by atomic mass is 10.1. The van der Waals surface area contributed by atoms with Crippen molar-refractivity contribution in [2.45, 2.75) is 0 Å². The SMILES string of the molecule is c1ccc(-c2cccc(-n3c4ccc5c6ccccc6n(-c6nc(-c7ccccc7)nc(-c7ccccc7)n6)c5c4c4ccc5c(c43)Oc3ccccc3O5)c2)cc1. The summed E-state index contributed by atoms with van der Waals surface area (Å²) in [5.41, 5.74) is 8.97. The van der Waals surface area contributed by atoms with Gasteiger partial charge in [-0.1, -0.05) is 140 Å². The van der Waals surface area contributed by atoms with Crippen LogP contribution in [-0.4, -0.2) is 24.1 Å². The number of hydrogen-bond acceptors (Lipinski definition) is 5. The molecular weight excluding hydrogens is 715 g/mol. The highest BCUT2D eigenvalue weighted by atomic mass is 16.6. The first-order valence-electron chi connectivity index (χ1n) is 19.3. The Morgan fingerprint density at radius 1 is 0.362 bits per heavy atom. The van der Waals surface area contributed by atoms with Gasteiger partial charge < -0.3 is 14.0 Å². The third-order valence-electron chi connectivity index (χ3n) is 11.0. The van der Waals surface area contributed by atoms with E-state index in [2.05, 4.69) is 100 Å². The van der Waals surface area contributed by atoms with E-state index in [9.17, 15) is 0 Å². The number of para-hydroxylation sites is 3. The van der Waals surface area contributed by atoms with Crippen LogP contribution in [0.4, 0.5) is 0 Å². The van der Waals surface area contributed by atoms with Crippen LogP contribution in [0.15, 0.2) is 188 Å². The predicted octanol–water partition coefficient (Wildman–Crippen LogP) is 13.0. The van der Waals surface area contributed by atoms with Crippen molar-refractivity contribution in [3.63, 3.8) is 0 Å². The van der Waals surface area contributed by atoms with Gasteiger partial charge >= 0.3 is 0 Å². The highest BCUT2D eigenvalue weighted by Crippen LogP contribution is 2.52. The summed E-state index contributed by atoms with van der Waals surface area (Å²) in [5, 5.41) is 4.24. The fraction of sp³-hybridized carbons (Fsp3) is 0. The normalized spacial score (nSPS) is 12.1. The molecule has 4 heterocycles. The van der Waals surface area contributed by atoms with E-state index in [1.54, 1.807) is 0 Å². The predicted molar refractivity (Wildman–Crippen MR) is 231 cm³/mol. The summed E-state index contributed by atoms with van der Waals surface area (Å²) in [7, 11) is 0. The maximum absolute atomic E-state index is 6.83. The molecule has 0 bridgehead atoms. The summed E-state index contributed by atoms with van der Waals surface area (Å²) >= 11 is 0. The third-order valence-corrected chi connectivity index (χ3v) is 11.0. The van der Waals surface area contributed by atoms with Crippen molar-refractivity contribution < 1.29 is 9.47 Å². The molecule has 0 spiro atoms. The Bertz CT molecular complexity index is 3340. The van der Waals surface area contributed by atoms with Crippen LogP contribution in [0.5, 0.6) is 23.0 Å². The van der Waals surface area contributed by atoms with Crippen LogP contribution in [0.2, 0.25) is 0 Å². The van der Waals surface area contributed by atoms with Gasteiger partial charge in [-0.05, 0) is 59.7 Å². The summed E-state index contributed by atoms with van der Waals surface area (Å²) in [6.07, 6.45) is 0. The Hall–Kier alpha value is -8.03. The van der Waals surface area contributed by atoms with Gasteiger partial charge in [0.15, 0.2) is 34.6 Å². The fourth-order valence-corrected chi connectivity index (χ4v) is 8.45. The first kappa shape index (κ1) is 32.2. The molecule has 0 saturated carbocycles. The Kier molecular flexibility index (Phi) is 7.09. The molecule has 3 aromatic heterocycles. The second-order valence-corrected chi connectivity index (χ2v) is 14.4. The Morgan fingerprint density at radius 3 is 1.69 bits per heavy atom. The average Bonchev–Trinajstić information content (AvgIpc) is 3.82. The quantitative estimate of drug-likeness (QED) is 0.175. The monoisotopic (exact) mass is 745 g/mol. The molecule has 0 N–H and O–H groups in total. The van der Waals surface area contributed by atoms with E-state index in [1.165, 1.54) is 0 Å². The number of aromatic nitrogens is 5. The summed E-state index contributed by atoms with van der Waals surface area (Å²) in [4.78, 5) is 15.5. The van der Waals surface area contributed by atoms with E-state index in [0.717, 1.165) is 71.6 Å². The van der Waals surface area contributed by atoms with E-state index >= 15 is 0 Å². The number of hydrogen-bond donors (Lipinski definition) is 0. The molecule has 7 heteroatoms. The molecule has 11 aromatic rings. The molecule has 0 fully saturated rings. The van der Waals surface area contributed by atoms with Crippen LogP contribution in [0.25, 0.3) is 89.2 Å². The number of fused-ring (bicyclic) bond motifs is 10. The largest absolute Gasteiger partial charge is 0.449 e. The van der Waals surface area contributed by atoms with Crippen molar-refractivity contribution in [1.82, 2.24) is 24.1 Å². The van der Waals surface area contributed by atoms with Gasteiger partial charge in [-0.15, -0.1) is 0 Å². The number of ether oxygens (including phenoxy) is 2. The molecule has 7 nitrogen and oxygen atoms in total. The molecule has 0 radical (unpaired) electrons. The van der Waals surface area contributed by atoms with Crippen molar-refractivity contribution in [1.29, 1.82) is 0 Å². The minimum Gasteiger partial charge on any atom is -0.449 e. The van der Waals surface area contributed by atoms with E-state index in [-0.39, 0.29) is 0 Å². The van der Waals surface area contributed by atoms with Crippen LogP contribution in [0, 0.1) is 0 Å². The summed E-state index contributed by atoms with van der Waals surface area (Å²) in [6, 6.07) is 64.3. The van der Waals surface area contributed by atoms with Gasteiger partial charge in [0.25, 0.3) is 0 Å². The third kappa shape index (κ3) is 4.97. The average molecular weight is 746 g/mol. The number of benzene rings is 8. The first-order chi connectivity index (χ1) is 28.8. The van der Waals surface area contributed by atoms with Crippen molar-refractivity contribution >= 4 is 43.6 Å². The molecule has 0 atom stereocenters. The van der Waals surface area contributed by atoms with Crippen LogP contribution >= 0.6 is 0 Å². The molecule has 0 saturated heterocycles. The van der Waals surface area contributed by atoms with E-state index < -0.39 is 0 Å². The molecule has 0 unspecified atom stereocenters. The van der Waals surface area contributed by atoms with Gasteiger partial charge in [0.1, 0.15) is 5.52 Å². The van der Waals surface area contributed by atoms with Crippen LogP contribution < -0.4 is 9.47 Å². The highest BCUT2D eigenvalue weighted by Gasteiger charge is 2.29. The standard InChI is InChI=1S/C51H31N5O2/c1-4-15-32(16-5-1)35-21-14-22-36(31-35)55-41-29-27-38-37-23-10-11-24-40(37)56(51-53-49(33-17-6-2-7-18-33)52-50(54-51)34-19-8-3-9-20-34)46(38)45(41)39-28-30-44-48(47(39)55)58-43-26-13-12-25-42(43)57-44/h1-31H. The topological polar surface area (TPSA) is 67.0 Å². The van der Waals surface area contributed by atoms with Gasteiger partial charge in [-0.3, -0.25) is 4.57 Å². The molecule has 0 aliphatic carbocycles. The Labute approximate surface area is 332 Å². The maximum atomic E-state index is 6.83. The van der Waals surface area contributed by atoms with Crippen LogP contribution in [-0.2, 0) is 0 Å². The fourth-order valence-electron chi connectivity index (χ4n) is 8.45.